The number of amides is 1. The molecule has 42 heavy (non-hydrogen) atoms. The molecule has 13 heteroatoms. The Hall–Kier alpha value is -5.01. The molecule has 0 spiro atoms. The summed E-state index contributed by atoms with van der Waals surface area (Å²) in [5, 5.41) is 10.4. The number of aromatic amines is 1. The van der Waals surface area contributed by atoms with Gasteiger partial charge in [0.2, 0.25) is 0 Å². The van der Waals surface area contributed by atoms with E-state index in [4.69, 9.17) is 9.29 Å². The Morgan fingerprint density at radius 3 is 2.38 bits per heavy atom. The van der Waals surface area contributed by atoms with Crippen LogP contribution >= 0.6 is 0 Å². The Balaban J connectivity index is 0.000000748. The smallest absolute Gasteiger partial charge is 0.268 e. The number of nitrogens with zero attached hydrogens (tertiary/aromatic N) is 3. The Labute approximate surface area is 240 Å². The van der Waals surface area contributed by atoms with Crippen molar-refractivity contribution in [2.45, 2.75) is 6.92 Å². The molecule has 0 unspecified atom stereocenters. The van der Waals surface area contributed by atoms with Crippen molar-refractivity contribution in [3.05, 3.63) is 106 Å². The van der Waals surface area contributed by atoms with Crippen LogP contribution in [0.25, 0.3) is 16.6 Å². The van der Waals surface area contributed by atoms with Crippen molar-refractivity contribution >= 4 is 38.3 Å². The number of hydrogen-bond acceptors (Lipinski definition) is 7. The highest BCUT2D eigenvalue weighted by Crippen LogP contribution is 2.36. The molecule has 0 bridgehead atoms. The Morgan fingerprint density at radius 2 is 1.74 bits per heavy atom. The average Bonchev–Trinajstić information content (AvgIpc) is 3.37. The first-order valence-electron chi connectivity index (χ1n) is 12.5. The molecule has 2 heterocycles. The number of H-pyrrole nitrogens is 1. The molecule has 0 aliphatic rings. The van der Waals surface area contributed by atoms with E-state index in [-0.39, 0.29) is 17.0 Å². The van der Waals surface area contributed by atoms with Gasteiger partial charge in [0.1, 0.15) is 5.56 Å². The number of nitrogens with one attached hydrogen (secondary N) is 2. The third kappa shape index (κ3) is 7.19. The molecule has 2 aromatic heterocycles. The molecule has 5 rings (SSSR count). The van der Waals surface area contributed by atoms with Gasteiger partial charge in [-0.2, -0.15) is 13.5 Å². The number of aromatic nitrogens is 3. The molecule has 1 amide bonds. The normalized spacial score (nSPS) is 11.0. The molecule has 218 valence electrons. The van der Waals surface area contributed by atoms with E-state index in [1.807, 2.05) is 43.3 Å². The van der Waals surface area contributed by atoms with Crippen LogP contribution in [-0.4, -0.2) is 54.0 Å². The number of para-hydroxylation sites is 1. The van der Waals surface area contributed by atoms with Gasteiger partial charge in [0.05, 0.1) is 23.7 Å². The fourth-order valence-electron chi connectivity index (χ4n) is 4.07. The zero-order chi connectivity index (χ0) is 30.6. The SMILES string of the molecule is CS(=O)(=O)O.Cc1ccc(C(=O)Nc2ccc(Oc3cc4cn[nH]c4cc3N(C)C)c(F)c2)c(=O)n1-c1ccccc1. The summed E-state index contributed by atoms with van der Waals surface area (Å²) < 4.78 is 48.2. The monoisotopic (exact) mass is 593 g/mol. The van der Waals surface area contributed by atoms with Gasteiger partial charge in [-0.3, -0.25) is 23.8 Å². The van der Waals surface area contributed by atoms with Crippen LogP contribution in [0.5, 0.6) is 11.5 Å². The van der Waals surface area contributed by atoms with Gasteiger partial charge in [-0.15, -0.1) is 0 Å². The van der Waals surface area contributed by atoms with Crippen LogP contribution in [0, 0.1) is 12.7 Å². The lowest BCUT2D eigenvalue weighted by molar-refractivity contribution is 0.102. The van der Waals surface area contributed by atoms with E-state index in [0.29, 0.717) is 23.4 Å². The fraction of sp³-hybridized carbons (Fsp3) is 0.138. The van der Waals surface area contributed by atoms with Crippen LogP contribution in [0.3, 0.4) is 0 Å². The molecular weight excluding hydrogens is 565 g/mol. The molecular formula is C29H28FN5O6S. The summed E-state index contributed by atoms with van der Waals surface area (Å²) in [5.41, 5.74) is 2.58. The highest BCUT2D eigenvalue weighted by molar-refractivity contribution is 7.85. The van der Waals surface area contributed by atoms with Crippen molar-refractivity contribution < 1.29 is 26.9 Å². The third-order valence-corrected chi connectivity index (χ3v) is 5.95. The number of carbonyl (C=O) groups excluding carboxylic acids is 1. The van der Waals surface area contributed by atoms with Gasteiger partial charge >= 0.3 is 0 Å². The zero-order valence-corrected chi connectivity index (χ0v) is 23.9. The number of benzene rings is 3. The van der Waals surface area contributed by atoms with E-state index in [1.165, 1.54) is 22.8 Å². The van der Waals surface area contributed by atoms with E-state index in [2.05, 4.69) is 15.5 Å². The molecule has 0 fully saturated rings. The van der Waals surface area contributed by atoms with E-state index in [0.717, 1.165) is 22.7 Å². The van der Waals surface area contributed by atoms with E-state index < -0.39 is 27.4 Å². The molecule has 0 saturated heterocycles. The van der Waals surface area contributed by atoms with Crippen LogP contribution in [0.4, 0.5) is 15.8 Å². The molecule has 0 atom stereocenters. The van der Waals surface area contributed by atoms with E-state index >= 15 is 4.39 Å². The van der Waals surface area contributed by atoms with Crippen LogP contribution < -0.4 is 20.5 Å². The zero-order valence-electron chi connectivity index (χ0n) is 23.1. The van der Waals surface area contributed by atoms with Crippen molar-refractivity contribution in [2.75, 3.05) is 30.6 Å². The van der Waals surface area contributed by atoms with Crippen molar-refractivity contribution in [1.82, 2.24) is 14.8 Å². The lowest BCUT2D eigenvalue weighted by Gasteiger charge is -2.18. The minimum atomic E-state index is -3.67. The van der Waals surface area contributed by atoms with Crippen LogP contribution in [0.15, 0.2) is 83.8 Å². The maximum atomic E-state index is 15.0. The second kappa shape index (κ2) is 12.2. The molecule has 5 aromatic rings. The average molecular weight is 594 g/mol. The van der Waals surface area contributed by atoms with Crippen molar-refractivity contribution in [2.24, 2.45) is 0 Å². The van der Waals surface area contributed by atoms with Crippen molar-refractivity contribution in [3.8, 4) is 17.2 Å². The molecule has 3 aromatic carbocycles. The summed E-state index contributed by atoms with van der Waals surface area (Å²) in [6, 6.07) is 20.0. The van der Waals surface area contributed by atoms with Crippen molar-refractivity contribution in [1.29, 1.82) is 0 Å². The highest BCUT2D eigenvalue weighted by atomic mass is 32.2. The topological polar surface area (TPSA) is 147 Å². The van der Waals surface area contributed by atoms with Gasteiger partial charge in [-0.25, -0.2) is 4.39 Å². The minimum absolute atomic E-state index is 0.00860. The van der Waals surface area contributed by atoms with Gasteiger partial charge in [0.25, 0.3) is 21.6 Å². The minimum Gasteiger partial charge on any atom is -0.452 e. The van der Waals surface area contributed by atoms with Crippen LogP contribution in [0.1, 0.15) is 16.1 Å². The number of ether oxygens (including phenoxy) is 1. The number of halogens is 1. The van der Waals surface area contributed by atoms with Gasteiger partial charge < -0.3 is 15.0 Å². The maximum absolute atomic E-state index is 15.0. The van der Waals surface area contributed by atoms with E-state index in [9.17, 15) is 18.0 Å². The van der Waals surface area contributed by atoms with Crippen molar-refractivity contribution in [3.63, 3.8) is 0 Å². The lowest BCUT2D eigenvalue weighted by atomic mass is 10.2. The summed E-state index contributed by atoms with van der Waals surface area (Å²) >= 11 is 0. The number of pyridine rings is 1. The lowest BCUT2D eigenvalue weighted by Crippen LogP contribution is -2.29. The fourth-order valence-corrected chi connectivity index (χ4v) is 4.07. The highest BCUT2D eigenvalue weighted by Gasteiger charge is 2.17. The van der Waals surface area contributed by atoms with Crippen LogP contribution in [-0.2, 0) is 10.1 Å². The Bertz CT molecular complexity index is 1910. The summed E-state index contributed by atoms with van der Waals surface area (Å²) in [7, 11) is 0.0481. The first kappa shape index (κ1) is 30.0. The molecule has 11 nitrogen and oxygen atoms in total. The predicted molar refractivity (Wildman–Crippen MR) is 159 cm³/mol. The predicted octanol–water partition coefficient (Wildman–Crippen LogP) is 4.78. The number of anilines is 2. The summed E-state index contributed by atoms with van der Waals surface area (Å²) in [6.45, 7) is 1.79. The van der Waals surface area contributed by atoms with Gasteiger partial charge in [-0.1, -0.05) is 18.2 Å². The molecule has 0 saturated carbocycles. The first-order valence-corrected chi connectivity index (χ1v) is 14.3. The van der Waals surface area contributed by atoms with Gasteiger partial charge in [0, 0.05) is 42.6 Å². The quantitative estimate of drug-likeness (QED) is 0.239. The number of carbonyl (C=O) groups is 1. The molecule has 0 radical (unpaired) electrons. The Kier molecular flexibility index (Phi) is 8.73. The summed E-state index contributed by atoms with van der Waals surface area (Å²) in [4.78, 5) is 27.9. The Morgan fingerprint density at radius 1 is 1.05 bits per heavy atom. The second-order valence-electron chi connectivity index (χ2n) is 9.47. The second-order valence-corrected chi connectivity index (χ2v) is 10.9. The maximum Gasteiger partial charge on any atom is 0.268 e. The van der Waals surface area contributed by atoms with E-state index in [1.54, 1.807) is 37.4 Å². The number of rotatable bonds is 6. The largest absolute Gasteiger partial charge is 0.452 e. The number of hydrogen-bond donors (Lipinski definition) is 3. The summed E-state index contributed by atoms with van der Waals surface area (Å²) in [5.74, 6) is -0.857. The standard InChI is InChI=1S/C28H24FN5O3.CH4O3S/c1-17-9-11-21(28(36)34(17)20-7-5-4-6-8-20)27(35)31-19-10-12-25(22(29)14-19)37-26-13-18-16-30-32-23(18)15-24(26)33(2)3;1-5(2,3)4/h4-16H,1-3H3,(H,30,32)(H,31,35);1H3,(H,2,3,4). The number of fused-ring (bicyclic) bond motifs is 1. The van der Waals surface area contributed by atoms with Crippen LogP contribution in [0.2, 0.25) is 0 Å². The molecule has 0 aliphatic carbocycles. The number of aryl methyl sites for hydroxylation is 1. The van der Waals surface area contributed by atoms with Gasteiger partial charge in [0.15, 0.2) is 17.3 Å². The molecule has 0 aliphatic heterocycles. The van der Waals surface area contributed by atoms with Gasteiger partial charge in [-0.05, 0) is 55.5 Å². The summed E-state index contributed by atoms with van der Waals surface area (Å²) in [6.07, 6.45) is 2.38. The molecule has 3 N–H and O–H groups in total. The third-order valence-electron chi connectivity index (χ3n) is 5.95. The first-order chi connectivity index (χ1) is 19.8.